The number of unbranched alkanes of at least 4 members (excludes halogenated alkanes) is 3. The average Bonchev–Trinajstić information content (AvgIpc) is 2.70. The van der Waals surface area contributed by atoms with E-state index in [9.17, 15) is 23.1 Å². The fraction of sp³-hybridized carbons (Fsp3) is 0.565. The number of hydrogen-bond acceptors (Lipinski definition) is 6. The van der Waals surface area contributed by atoms with E-state index in [1.54, 1.807) is 12.2 Å². The topological polar surface area (TPSA) is 155 Å². The highest BCUT2D eigenvalue weighted by molar-refractivity contribution is 7.92. The van der Waals surface area contributed by atoms with Gasteiger partial charge in [-0.2, -0.15) is 0 Å². The maximum absolute atomic E-state index is 12.6. The van der Waals surface area contributed by atoms with Crippen LogP contribution in [0.15, 0.2) is 48.6 Å². The summed E-state index contributed by atoms with van der Waals surface area (Å²) in [5.74, 6) is -3.34. The molecule has 0 aromatic heterocycles. The minimum atomic E-state index is -4.08. The molecule has 0 amide bonds. The number of allylic oxidation sites excluding steroid dienone is 7. The van der Waals surface area contributed by atoms with Crippen molar-refractivity contribution in [1.29, 1.82) is 0 Å². The van der Waals surface area contributed by atoms with Crippen LogP contribution >= 0.6 is 0 Å². The molecule has 5 N–H and O–H groups in total. The molecule has 1 unspecified atom stereocenters. The van der Waals surface area contributed by atoms with Crippen molar-refractivity contribution in [3.05, 3.63) is 48.6 Å². The molecule has 0 bridgehead atoms. The van der Waals surface area contributed by atoms with Crippen LogP contribution in [0.4, 0.5) is 0 Å². The normalized spacial score (nSPS) is 15.7. The summed E-state index contributed by atoms with van der Waals surface area (Å²) in [4.78, 5) is 21.6. The number of carboxylic acid groups (broad SMARTS) is 2. The number of hydrogen-bond donors (Lipinski definition) is 4. The van der Waals surface area contributed by atoms with Gasteiger partial charge in [-0.15, -0.1) is 0 Å². The molecule has 0 fully saturated rings. The quantitative estimate of drug-likeness (QED) is 0.135. The van der Waals surface area contributed by atoms with Gasteiger partial charge in [0, 0.05) is 6.42 Å². The van der Waals surface area contributed by atoms with Crippen molar-refractivity contribution in [3.63, 3.8) is 0 Å². The van der Waals surface area contributed by atoms with Crippen LogP contribution in [-0.4, -0.2) is 58.8 Å². The van der Waals surface area contributed by atoms with Gasteiger partial charge in [0.25, 0.3) is 0 Å². The Morgan fingerprint density at radius 2 is 1.66 bits per heavy atom. The van der Waals surface area contributed by atoms with Crippen molar-refractivity contribution in [1.82, 2.24) is 0 Å². The SMILES string of the molecule is CCCCC/C=C\C\C=C/C=C/C=C/[C@H]([C@@H](O)CCCC(=O)O)S(=O)(=O)CC(N)C(=O)O. The minimum absolute atomic E-state index is 0.0585. The Labute approximate surface area is 191 Å². The van der Waals surface area contributed by atoms with Gasteiger partial charge in [0.15, 0.2) is 9.84 Å². The maximum Gasteiger partial charge on any atom is 0.321 e. The van der Waals surface area contributed by atoms with E-state index in [4.69, 9.17) is 15.9 Å². The molecule has 8 nitrogen and oxygen atoms in total. The van der Waals surface area contributed by atoms with Gasteiger partial charge in [0.1, 0.15) is 11.3 Å². The van der Waals surface area contributed by atoms with Crippen LogP contribution in [0, 0.1) is 0 Å². The van der Waals surface area contributed by atoms with Gasteiger partial charge in [-0.25, -0.2) is 8.42 Å². The molecule has 0 aliphatic carbocycles. The van der Waals surface area contributed by atoms with Gasteiger partial charge in [0.2, 0.25) is 0 Å². The highest BCUT2D eigenvalue weighted by atomic mass is 32.2. The zero-order chi connectivity index (χ0) is 24.4. The second kappa shape index (κ2) is 17.3. The fourth-order valence-corrected chi connectivity index (χ4v) is 4.62. The maximum atomic E-state index is 12.6. The first-order valence-corrected chi connectivity index (χ1v) is 12.6. The van der Waals surface area contributed by atoms with Gasteiger partial charge in [-0.3, -0.25) is 9.59 Å². The molecule has 0 aliphatic rings. The third-order valence-electron chi connectivity index (χ3n) is 4.60. The van der Waals surface area contributed by atoms with Crippen LogP contribution in [0.25, 0.3) is 0 Å². The Morgan fingerprint density at radius 1 is 0.969 bits per heavy atom. The number of aliphatic hydroxyl groups excluding tert-OH is 1. The number of aliphatic hydroxyl groups is 1. The van der Waals surface area contributed by atoms with Gasteiger partial charge >= 0.3 is 11.9 Å². The van der Waals surface area contributed by atoms with E-state index in [0.717, 1.165) is 12.8 Å². The zero-order valence-electron chi connectivity index (χ0n) is 18.7. The molecular formula is C23H37NO7S. The summed E-state index contributed by atoms with van der Waals surface area (Å²) in [7, 11) is -4.08. The van der Waals surface area contributed by atoms with E-state index in [1.807, 2.05) is 12.2 Å². The number of carbonyl (C=O) groups is 2. The molecule has 0 saturated carbocycles. The second-order valence-electron chi connectivity index (χ2n) is 7.49. The molecule has 0 aromatic carbocycles. The van der Waals surface area contributed by atoms with Gasteiger partial charge in [-0.05, 0) is 32.1 Å². The van der Waals surface area contributed by atoms with Gasteiger partial charge in [0.05, 0.1) is 11.9 Å². The Kier molecular flexibility index (Phi) is 16.1. The summed E-state index contributed by atoms with van der Waals surface area (Å²) in [6, 6.07) is -1.62. The summed E-state index contributed by atoms with van der Waals surface area (Å²) in [5.41, 5.74) is 5.36. The standard InChI is InChI=1S/C23H37NO7S/c1-2-3-4-5-6-7-8-9-10-11-12-13-16-21(20(25)15-14-17-22(26)27)32(30,31)18-19(24)23(28)29/h6-7,9-13,16,19-21,25H,2-5,8,14-15,17-18,24H2,1H3,(H,26,27)(H,28,29)/b7-6-,10-9-,12-11+,16-13+/t19?,20-,21+/m0/s1. The Balaban J connectivity index is 4.98. The van der Waals surface area contributed by atoms with E-state index in [-0.39, 0.29) is 19.3 Å². The Bertz CT molecular complexity index is 769. The van der Waals surface area contributed by atoms with E-state index < -0.39 is 44.9 Å². The second-order valence-corrected chi connectivity index (χ2v) is 9.70. The smallest absolute Gasteiger partial charge is 0.321 e. The van der Waals surface area contributed by atoms with Crippen LogP contribution in [0.5, 0.6) is 0 Å². The van der Waals surface area contributed by atoms with Crippen LogP contribution in [0.2, 0.25) is 0 Å². The Morgan fingerprint density at radius 3 is 2.28 bits per heavy atom. The summed E-state index contributed by atoms with van der Waals surface area (Å²) in [6.07, 6.45) is 17.9. The third kappa shape index (κ3) is 14.7. The minimum Gasteiger partial charge on any atom is -0.481 e. The summed E-state index contributed by atoms with van der Waals surface area (Å²) in [5, 5.41) is 26.6. The van der Waals surface area contributed by atoms with Crippen molar-refractivity contribution in [2.45, 2.75) is 75.7 Å². The van der Waals surface area contributed by atoms with Crippen LogP contribution in [0.1, 0.15) is 58.3 Å². The lowest BCUT2D eigenvalue weighted by Gasteiger charge is -2.21. The molecule has 0 heterocycles. The predicted octanol–water partition coefficient (Wildman–Crippen LogP) is 2.99. The first-order valence-electron chi connectivity index (χ1n) is 10.9. The van der Waals surface area contributed by atoms with Crippen molar-refractivity contribution in [3.8, 4) is 0 Å². The number of sulfone groups is 1. The highest BCUT2D eigenvalue weighted by Gasteiger charge is 2.33. The van der Waals surface area contributed by atoms with Gasteiger partial charge in [-0.1, -0.05) is 68.4 Å². The first kappa shape index (κ1) is 29.8. The van der Waals surface area contributed by atoms with E-state index >= 15 is 0 Å². The molecule has 0 saturated heterocycles. The molecule has 0 spiro atoms. The lowest BCUT2D eigenvalue weighted by atomic mass is 10.1. The van der Waals surface area contributed by atoms with E-state index in [2.05, 4.69) is 19.1 Å². The first-order chi connectivity index (χ1) is 15.1. The molecule has 182 valence electrons. The molecule has 0 radical (unpaired) electrons. The largest absolute Gasteiger partial charge is 0.481 e. The number of nitrogens with two attached hydrogens (primary N) is 1. The molecule has 0 aromatic rings. The highest BCUT2D eigenvalue weighted by Crippen LogP contribution is 2.16. The summed E-state index contributed by atoms with van der Waals surface area (Å²) in [6.45, 7) is 2.16. The van der Waals surface area contributed by atoms with Crippen molar-refractivity contribution in [2.75, 3.05) is 5.75 Å². The monoisotopic (exact) mass is 471 g/mol. The molecular weight excluding hydrogens is 434 g/mol. The van der Waals surface area contributed by atoms with Crippen molar-refractivity contribution >= 4 is 21.8 Å². The van der Waals surface area contributed by atoms with Crippen LogP contribution in [0.3, 0.4) is 0 Å². The van der Waals surface area contributed by atoms with E-state index in [1.165, 1.54) is 31.4 Å². The predicted molar refractivity (Wildman–Crippen MR) is 126 cm³/mol. The molecule has 0 rings (SSSR count). The van der Waals surface area contributed by atoms with Gasteiger partial charge < -0.3 is 21.1 Å². The molecule has 9 heteroatoms. The number of aliphatic carboxylic acids is 2. The molecule has 32 heavy (non-hydrogen) atoms. The van der Waals surface area contributed by atoms with E-state index in [0.29, 0.717) is 0 Å². The van der Waals surface area contributed by atoms with Crippen LogP contribution in [-0.2, 0) is 19.4 Å². The van der Waals surface area contributed by atoms with Crippen molar-refractivity contribution in [2.24, 2.45) is 5.73 Å². The fourth-order valence-electron chi connectivity index (χ4n) is 2.81. The zero-order valence-corrected chi connectivity index (χ0v) is 19.5. The van der Waals surface area contributed by atoms with Crippen molar-refractivity contribution < 1.29 is 33.3 Å². The third-order valence-corrected chi connectivity index (χ3v) is 6.72. The number of carboxylic acids is 2. The molecule has 0 aliphatic heterocycles. The average molecular weight is 472 g/mol. The summed E-state index contributed by atoms with van der Waals surface area (Å²) < 4.78 is 25.2. The lowest BCUT2D eigenvalue weighted by molar-refractivity contribution is -0.138. The Hall–Kier alpha value is -2.23. The summed E-state index contributed by atoms with van der Waals surface area (Å²) >= 11 is 0. The molecule has 3 atom stereocenters. The number of rotatable bonds is 18. The van der Waals surface area contributed by atoms with Crippen LogP contribution < -0.4 is 5.73 Å². The lowest BCUT2D eigenvalue weighted by Crippen LogP contribution is -2.43.